The number of hydrogen-bond donors (Lipinski definition) is 1. The summed E-state index contributed by atoms with van der Waals surface area (Å²) in [6.07, 6.45) is 4.12. The van der Waals surface area contributed by atoms with E-state index in [1.807, 2.05) is 25.7 Å². The molecule has 2 fully saturated rings. The Balaban J connectivity index is 1.79. The zero-order valence-electron chi connectivity index (χ0n) is 13.9. The number of hydrogen-bond acceptors (Lipinski definition) is 4. The van der Waals surface area contributed by atoms with Crippen molar-refractivity contribution >= 4 is 6.09 Å². The maximum Gasteiger partial charge on any atom is 0.410 e. The molecule has 1 amide bonds. The Bertz CT molecular complexity index is 348. The fourth-order valence-corrected chi connectivity index (χ4v) is 3.12. The van der Waals surface area contributed by atoms with Crippen LogP contribution < -0.4 is 5.32 Å². The quantitative estimate of drug-likeness (QED) is 0.851. The molecule has 0 aromatic carbocycles. The van der Waals surface area contributed by atoms with Gasteiger partial charge in [-0.15, -0.1) is 0 Å². The number of rotatable bonds is 2. The molecule has 5 nitrogen and oxygen atoms in total. The summed E-state index contributed by atoms with van der Waals surface area (Å²) >= 11 is 0. The molecule has 21 heavy (non-hydrogen) atoms. The number of nitrogens with zero attached hydrogens (tertiary/aromatic N) is 1. The van der Waals surface area contributed by atoms with E-state index < -0.39 is 5.60 Å². The summed E-state index contributed by atoms with van der Waals surface area (Å²) in [5.74, 6) is 0. The Hall–Kier alpha value is -0.810. The van der Waals surface area contributed by atoms with Crippen LogP contribution >= 0.6 is 0 Å². The van der Waals surface area contributed by atoms with E-state index in [0.29, 0.717) is 12.1 Å². The largest absolute Gasteiger partial charge is 0.444 e. The van der Waals surface area contributed by atoms with Gasteiger partial charge in [0.05, 0.1) is 6.61 Å². The minimum absolute atomic E-state index is 0.186. The third kappa shape index (κ3) is 5.15. The molecule has 0 radical (unpaired) electrons. The van der Waals surface area contributed by atoms with Gasteiger partial charge in [-0.3, -0.25) is 0 Å². The standard InChI is InChI=1S/C16H30N2O3/c1-12-10-13(17-14-6-5-9-20-11-14)7-8-18(12)15(19)21-16(2,3)4/h12-14,17H,5-11H2,1-4H3. The molecule has 0 aliphatic carbocycles. The molecule has 2 rings (SSSR count). The normalized spacial score (nSPS) is 31.0. The van der Waals surface area contributed by atoms with E-state index in [2.05, 4.69) is 12.2 Å². The number of amides is 1. The zero-order valence-corrected chi connectivity index (χ0v) is 13.9. The Morgan fingerprint density at radius 3 is 2.62 bits per heavy atom. The fourth-order valence-electron chi connectivity index (χ4n) is 3.12. The van der Waals surface area contributed by atoms with Gasteiger partial charge < -0.3 is 19.7 Å². The molecule has 2 aliphatic heterocycles. The molecule has 122 valence electrons. The number of nitrogens with one attached hydrogen (secondary N) is 1. The highest BCUT2D eigenvalue weighted by atomic mass is 16.6. The highest BCUT2D eigenvalue weighted by Gasteiger charge is 2.32. The van der Waals surface area contributed by atoms with Crippen molar-refractivity contribution in [2.75, 3.05) is 19.8 Å². The highest BCUT2D eigenvalue weighted by molar-refractivity contribution is 5.68. The third-order valence-electron chi connectivity index (χ3n) is 4.14. The molecule has 3 atom stereocenters. The van der Waals surface area contributed by atoms with Gasteiger partial charge in [-0.25, -0.2) is 4.79 Å². The summed E-state index contributed by atoms with van der Waals surface area (Å²) in [5, 5.41) is 3.69. The van der Waals surface area contributed by atoms with Crippen molar-refractivity contribution in [1.29, 1.82) is 0 Å². The smallest absolute Gasteiger partial charge is 0.410 e. The van der Waals surface area contributed by atoms with E-state index >= 15 is 0 Å². The molecule has 0 aromatic heterocycles. The van der Waals surface area contributed by atoms with Gasteiger partial charge in [0.15, 0.2) is 0 Å². The van der Waals surface area contributed by atoms with Crippen LogP contribution in [0.15, 0.2) is 0 Å². The predicted octanol–water partition coefficient (Wildman–Crippen LogP) is 2.54. The van der Waals surface area contributed by atoms with Gasteiger partial charge in [0.1, 0.15) is 5.60 Å². The lowest BCUT2D eigenvalue weighted by atomic mass is 9.97. The summed E-state index contributed by atoms with van der Waals surface area (Å²) in [6, 6.07) is 1.17. The van der Waals surface area contributed by atoms with E-state index in [0.717, 1.165) is 39.0 Å². The second kappa shape index (κ2) is 6.97. The summed E-state index contributed by atoms with van der Waals surface area (Å²) in [7, 11) is 0. The van der Waals surface area contributed by atoms with Crippen LogP contribution in [0.1, 0.15) is 53.4 Å². The minimum Gasteiger partial charge on any atom is -0.444 e. The van der Waals surface area contributed by atoms with Crippen molar-refractivity contribution in [3.8, 4) is 0 Å². The van der Waals surface area contributed by atoms with E-state index in [4.69, 9.17) is 9.47 Å². The Labute approximate surface area is 128 Å². The molecule has 5 heteroatoms. The lowest BCUT2D eigenvalue weighted by molar-refractivity contribution is 0.00693. The van der Waals surface area contributed by atoms with Crippen molar-refractivity contribution in [3.05, 3.63) is 0 Å². The molecule has 2 aliphatic rings. The van der Waals surface area contributed by atoms with Gasteiger partial charge in [-0.1, -0.05) is 0 Å². The minimum atomic E-state index is -0.425. The van der Waals surface area contributed by atoms with E-state index in [-0.39, 0.29) is 12.1 Å². The highest BCUT2D eigenvalue weighted by Crippen LogP contribution is 2.21. The lowest BCUT2D eigenvalue weighted by Gasteiger charge is -2.40. The number of ether oxygens (including phenoxy) is 2. The van der Waals surface area contributed by atoms with E-state index in [9.17, 15) is 4.79 Å². The van der Waals surface area contributed by atoms with Crippen LogP contribution in [-0.2, 0) is 9.47 Å². The monoisotopic (exact) mass is 298 g/mol. The van der Waals surface area contributed by atoms with Crippen LogP contribution in [0.25, 0.3) is 0 Å². The van der Waals surface area contributed by atoms with Crippen LogP contribution in [0.4, 0.5) is 4.79 Å². The Morgan fingerprint density at radius 2 is 2.05 bits per heavy atom. The molecule has 3 unspecified atom stereocenters. The average molecular weight is 298 g/mol. The summed E-state index contributed by atoms with van der Waals surface area (Å²) < 4.78 is 11.0. The second-order valence-corrected chi connectivity index (χ2v) is 7.32. The summed E-state index contributed by atoms with van der Waals surface area (Å²) in [4.78, 5) is 14.0. The first kappa shape index (κ1) is 16.6. The molecule has 1 N–H and O–H groups in total. The third-order valence-corrected chi connectivity index (χ3v) is 4.14. The molecule has 2 saturated heterocycles. The van der Waals surface area contributed by atoms with Crippen LogP contribution in [0.2, 0.25) is 0 Å². The van der Waals surface area contributed by atoms with E-state index in [1.54, 1.807) is 0 Å². The molecule has 2 heterocycles. The van der Waals surface area contributed by atoms with Gasteiger partial charge >= 0.3 is 6.09 Å². The van der Waals surface area contributed by atoms with Gasteiger partial charge in [0, 0.05) is 31.3 Å². The van der Waals surface area contributed by atoms with Gasteiger partial charge in [-0.05, 0) is 53.4 Å². The number of carbonyl (C=O) groups excluding carboxylic acids is 1. The van der Waals surface area contributed by atoms with Crippen molar-refractivity contribution in [2.45, 2.75) is 77.1 Å². The van der Waals surface area contributed by atoms with Crippen molar-refractivity contribution in [3.63, 3.8) is 0 Å². The lowest BCUT2D eigenvalue weighted by Crippen LogP contribution is -2.53. The maximum atomic E-state index is 12.2. The topological polar surface area (TPSA) is 50.8 Å². The molecule has 0 spiro atoms. The molecule has 0 aromatic rings. The first-order valence-electron chi connectivity index (χ1n) is 8.18. The first-order valence-corrected chi connectivity index (χ1v) is 8.18. The maximum absolute atomic E-state index is 12.2. The Kier molecular flexibility index (Phi) is 5.49. The van der Waals surface area contributed by atoms with Gasteiger partial charge in [-0.2, -0.15) is 0 Å². The second-order valence-electron chi connectivity index (χ2n) is 7.32. The van der Waals surface area contributed by atoms with E-state index in [1.165, 1.54) is 6.42 Å². The number of piperidine rings is 1. The zero-order chi connectivity index (χ0) is 15.5. The first-order chi connectivity index (χ1) is 9.85. The molecule has 0 saturated carbocycles. The number of likely N-dealkylation sites (tertiary alicyclic amines) is 1. The summed E-state index contributed by atoms with van der Waals surface area (Å²) in [6.45, 7) is 10.3. The summed E-state index contributed by atoms with van der Waals surface area (Å²) in [5.41, 5.74) is -0.425. The Morgan fingerprint density at radius 1 is 1.29 bits per heavy atom. The van der Waals surface area contributed by atoms with Gasteiger partial charge in [0.2, 0.25) is 0 Å². The van der Waals surface area contributed by atoms with Crippen molar-refractivity contribution < 1.29 is 14.3 Å². The number of carbonyl (C=O) groups is 1. The van der Waals surface area contributed by atoms with Crippen LogP contribution in [-0.4, -0.2) is 54.5 Å². The fraction of sp³-hybridized carbons (Fsp3) is 0.938. The molecular weight excluding hydrogens is 268 g/mol. The predicted molar refractivity (Wildman–Crippen MR) is 82.4 cm³/mol. The van der Waals surface area contributed by atoms with Crippen molar-refractivity contribution in [2.24, 2.45) is 0 Å². The molecular formula is C16H30N2O3. The SMILES string of the molecule is CC1CC(NC2CCCOC2)CCN1C(=O)OC(C)(C)C. The van der Waals surface area contributed by atoms with Crippen molar-refractivity contribution in [1.82, 2.24) is 10.2 Å². The van der Waals surface area contributed by atoms with Crippen LogP contribution in [0.5, 0.6) is 0 Å². The van der Waals surface area contributed by atoms with Crippen LogP contribution in [0, 0.1) is 0 Å². The average Bonchev–Trinajstić information content (AvgIpc) is 2.37. The molecule has 0 bridgehead atoms. The van der Waals surface area contributed by atoms with Gasteiger partial charge in [0.25, 0.3) is 0 Å². The van der Waals surface area contributed by atoms with Crippen LogP contribution in [0.3, 0.4) is 0 Å².